The minimum absolute atomic E-state index is 0.0279. The fourth-order valence-electron chi connectivity index (χ4n) is 6.12. The fourth-order valence-corrected chi connectivity index (χ4v) is 6.12. The van der Waals surface area contributed by atoms with Crippen LogP contribution in [-0.4, -0.2) is 82.3 Å². The summed E-state index contributed by atoms with van der Waals surface area (Å²) in [6.45, 7) is 3.75. The molecule has 0 saturated carbocycles. The van der Waals surface area contributed by atoms with E-state index in [0.717, 1.165) is 23.3 Å². The summed E-state index contributed by atoms with van der Waals surface area (Å²) in [5.74, 6) is -1.16. The highest BCUT2D eigenvalue weighted by Gasteiger charge is 2.32. The third-order valence-electron chi connectivity index (χ3n) is 8.41. The number of pyridine rings is 1. The number of likely N-dealkylation sites (tertiary alicyclic amines) is 1. The zero-order valence-electron chi connectivity index (χ0n) is 25.2. The molecule has 1 amide bonds. The number of rotatable bonds is 7. The maximum absolute atomic E-state index is 16.6. The van der Waals surface area contributed by atoms with E-state index < -0.39 is 24.1 Å². The molecule has 0 N–H and O–H groups in total. The van der Waals surface area contributed by atoms with E-state index in [4.69, 9.17) is 4.74 Å². The van der Waals surface area contributed by atoms with Gasteiger partial charge in [0, 0.05) is 43.6 Å². The van der Waals surface area contributed by atoms with Crippen LogP contribution in [-0.2, 0) is 4.79 Å². The van der Waals surface area contributed by atoms with Crippen LogP contribution in [0.25, 0.3) is 32.9 Å². The summed E-state index contributed by atoms with van der Waals surface area (Å²) in [5.41, 5.74) is 1.94. The zero-order valence-corrected chi connectivity index (χ0v) is 25.2. The monoisotopic (exact) mass is 615 g/mol. The van der Waals surface area contributed by atoms with Crippen molar-refractivity contribution in [2.75, 3.05) is 38.2 Å². The number of nitriles is 1. The molecule has 1 fully saturated rings. The number of alkyl halides is 2. The van der Waals surface area contributed by atoms with Crippen molar-refractivity contribution in [1.82, 2.24) is 24.8 Å². The van der Waals surface area contributed by atoms with Gasteiger partial charge in [0.15, 0.2) is 12.0 Å². The van der Waals surface area contributed by atoms with E-state index in [1.807, 2.05) is 61.3 Å². The Kier molecular flexibility index (Phi) is 8.29. The third-order valence-corrected chi connectivity index (χ3v) is 8.41. The highest BCUT2D eigenvalue weighted by Crippen LogP contribution is 2.37. The molecule has 4 aromatic rings. The molecule has 2 unspecified atom stereocenters. The molecule has 4 heterocycles. The van der Waals surface area contributed by atoms with E-state index in [-0.39, 0.29) is 66.3 Å². The van der Waals surface area contributed by atoms with Crippen molar-refractivity contribution in [2.24, 2.45) is 0 Å². The van der Waals surface area contributed by atoms with Crippen molar-refractivity contribution in [3.8, 4) is 23.3 Å². The van der Waals surface area contributed by atoms with Crippen LogP contribution in [0.2, 0.25) is 0 Å². The topological polar surface area (TPSA) is 98.5 Å². The maximum atomic E-state index is 16.6. The first-order valence-electron chi connectivity index (χ1n) is 14.8. The molecule has 3 atom stereocenters. The Hall–Kier alpha value is -4.76. The largest absolute Gasteiger partial charge is 0.462 e. The van der Waals surface area contributed by atoms with E-state index in [0.29, 0.717) is 18.5 Å². The van der Waals surface area contributed by atoms with Crippen LogP contribution in [0.1, 0.15) is 25.3 Å². The van der Waals surface area contributed by atoms with E-state index in [2.05, 4.69) is 15.0 Å². The van der Waals surface area contributed by atoms with Crippen LogP contribution in [0.3, 0.4) is 0 Å². The molecule has 0 bridgehead atoms. The third kappa shape index (κ3) is 5.76. The van der Waals surface area contributed by atoms with Crippen molar-refractivity contribution in [3.63, 3.8) is 0 Å². The smallest absolute Gasteiger partial charge is 0.319 e. The average molecular weight is 616 g/mol. The van der Waals surface area contributed by atoms with Crippen molar-refractivity contribution in [3.05, 3.63) is 65.9 Å². The van der Waals surface area contributed by atoms with Gasteiger partial charge in [0.25, 0.3) is 5.91 Å². The Bertz CT molecular complexity index is 1850. The Labute approximate surface area is 258 Å². The second-order valence-electron chi connectivity index (χ2n) is 11.5. The van der Waals surface area contributed by atoms with Gasteiger partial charge in [-0.15, -0.1) is 0 Å². The van der Waals surface area contributed by atoms with Gasteiger partial charge >= 0.3 is 6.01 Å². The number of hydrogen-bond acceptors (Lipinski definition) is 8. The number of halogens is 3. The lowest BCUT2D eigenvalue weighted by Gasteiger charge is -2.34. The van der Waals surface area contributed by atoms with E-state index >= 15 is 4.39 Å². The first kappa shape index (κ1) is 30.3. The summed E-state index contributed by atoms with van der Waals surface area (Å²) < 4.78 is 50.6. The number of anilines is 1. The maximum Gasteiger partial charge on any atom is 0.319 e. The number of nitrogens with zero attached hydrogens (tertiary/aromatic N) is 7. The highest BCUT2D eigenvalue weighted by atomic mass is 19.1. The van der Waals surface area contributed by atoms with Crippen molar-refractivity contribution in [1.29, 1.82) is 5.26 Å². The number of aryl methyl sites for hydroxylation is 1. The number of hydrogen-bond donors (Lipinski definition) is 0. The van der Waals surface area contributed by atoms with Crippen LogP contribution < -0.4 is 9.64 Å². The summed E-state index contributed by atoms with van der Waals surface area (Å²) in [4.78, 5) is 30.9. The molecule has 45 heavy (non-hydrogen) atoms. The van der Waals surface area contributed by atoms with Gasteiger partial charge in [0.1, 0.15) is 29.8 Å². The standard InChI is InChI=1S/C33H32F3N7O2/c1-19-6-4-7-21-8-5-9-25(27(19)21)29-28(36)30-26(15-38-29)31(40-33(39-30)45-18-24-14-22(35)16-41(24)3)42-12-13-43(32(44)20(2)34)23(17-42)10-11-37/h4-9,15,17,20,22,24H,10,12-14,16,18H2,1-3H3/t20?,22?,24-/m0/s1. The van der Waals surface area contributed by atoms with Gasteiger partial charge in [0.05, 0.1) is 23.6 Å². The number of aromatic nitrogens is 3. The first-order valence-corrected chi connectivity index (χ1v) is 14.8. The Morgan fingerprint density at radius 1 is 1.20 bits per heavy atom. The first-order chi connectivity index (χ1) is 21.7. The molecule has 2 aromatic carbocycles. The molecule has 232 valence electrons. The van der Waals surface area contributed by atoms with Crippen LogP contribution >= 0.6 is 0 Å². The Balaban J connectivity index is 1.48. The number of allylic oxidation sites excluding steroid dienone is 1. The lowest BCUT2D eigenvalue weighted by atomic mass is 9.97. The second kappa shape index (κ2) is 12.3. The van der Waals surface area contributed by atoms with Gasteiger partial charge in [0.2, 0.25) is 0 Å². The predicted molar refractivity (Wildman–Crippen MR) is 164 cm³/mol. The van der Waals surface area contributed by atoms with Crippen molar-refractivity contribution < 1.29 is 22.7 Å². The van der Waals surface area contributed by atoms with Gasteiger partial charge in [-0.05, 0) is 43.7 Å². The molecule has 2 aliphatic heterocycles. The fraction of sp³-hybridized carbons (Fsp3) is 0.364. The summed E-state index contributed by atoms with van der Waals surface area (Å²) in [6.07, 6.45) is 0.463. The Morgan fingerprint density at radius 2 is 1.98 bits per heavy atom. The van der Waals surface area contributed by atoms with Gasteiger partial charge < -0.3 is 14.5 Å². The molecular formula is C33H32F3N7O2. The van der Waals surface area contributed by atoms with Crippen molar-refractivity contribution >= 4 is 33.4 Å². The normalized spacial score (nSPS) is 19.5. The van der Waals surface area contributed by atoms with Crippen molar-refractivity contribution in [2.45, 2.75) is 45.1 Å². The molecule has 6 rings (SSSR count). The zero-order chi connectivity index (χ0) is 31.8. The van der Waals surface area contributed by atoms with Crippen LogP contribution in [0.4, 0.5) is 19.0 Å². The quantitative estimate of drug-likeness (QED) is 0.270. The molecule has 9 nitrogen and oxygen atoms in total. The number of likely N-dealkylation sites (N-methyl/N-ethyl adjacent to an activating group) is 1. The van der Waals surface area contributed by atoms with Gasteiger partial charge in [-0.1, -0.05) is 36.4 Å². The summed E-state index contributed by atoms with van der Waals surface area (Å²) >= 11 is 0. The minimum atomic E-state index is -1.74. The van der Waals surface area contributed by atoms with Crippen LogP contribution in [0, 0.1) is 24.1 Å². The molecule has 2 aliphatic rings. The molecule has 0 aliphatic carbocycles. The summed E-state index contributed by atoms with van der Waals surface area (Å²) in [5, 5.41) is 11.5. The molecular weight excluding hydrogens is 583 g/mol. The van der Waals surface area contributed by atoms with E-state index in [1.165, 1.54) is 17.3 Å². The molecule has 1 saturated heterocycles. The SMILES string of the molecule is Cc1cccc2cccc(-c3ncc4c(N5C=C(CC#N)N(C(=O)C(C)F)CC5)nc(OC[C@@H]5CC(F)CN5C)nc4c3F)c12. The number of carbonyl (C=O) groups is 1. The summed E-state index contributed by atoms with van der Waals surface area (Å²) in [6, 6.07) is 13.2. The van der Waals surface area contributed by atoms with Gasteiger partial charge in [-0.3, -0.25) is 14.7 Å². The molecule has 12 heteroatoms. The number of fused-ring (bicyclic) bond motifs is 2. The number of ether oxygens (including phenoxy) is 1. The average Bonchev–Trinajstić information content (AvgIpc) is 3.36. The predicted octanol–water partition coefficient (Wildman–Crippen LogP) is 5.48. The highest BCUT2D eigenvalue weighted by molar-refractivity contribution is 6.00. The number of amides is 1. The lowest BCUT2D eigenvalue weighted by Crippen LogP contribution is -2.44. The lowest BCUT2D eigenvalue weighted by molar-refractivity contribution is -0.134. The van der Waals surface area contributed by atoms with Gasteiger partial charge in [-0.2, -0.15) is 15.2 Å². The number of benzene rings is 2. The minimum Gasteiger partial charge on any atom is -0.462 e. The molecule has 2 aromatic heterocycles. The van der Waals surface area contributed by atoms with E-state index in [9.17, 15) is 18.8 Å². The van der Waals surface area contributed by atoms with E-state index in [1.54, 1.807) is 4.90 Å². The second-order valence-corrected chi connectivity index (χ2v) is 11.5. The molecule has 0 spiro atoms. The number of carbonyl (C=O) groups excluding carboxylic acids is 1. The Morgan fingerprint density at radius 3 is 2.69 bits per heavy atom. The van der Waals surface area contributed by atoms with Gasteiger partial charge in [-0.25, -0.2) is 13.2 Å². The van der Waals surface area contributed by atoms with Crippen LogP contribution in [0.15, 0.2) is 54.5 Å². The van der Waals surface area contributed by atoms with Crippen LogP contribution in [0.5, 0.6) is 6.01 Å². The molecule has 0 radical (unpaired) electrons. The summed E-state index contributed by atoms with van der Waals surface area (Å²) in [7, 11) is 1.81.